The van der Waals surface area contributed by atoms with Crippen LogP contribution in [0.15, 0.2) is 15.9 Å². The molecular weight excluding hydrogens is 250 g/mol. The van der Waals surface area contributed by atoms with Crippen LogP contribution >= 0.6 is 27.3 Å². The van der Waals surface area contributed by atoms with Crippen molar-refractivity contribution in [1.82, 2.24) is 0 Å². The molecule has 0 saturated heterocycles. The lowest BCUT2D eigenvalue weighted by atomic mass is 10.1. The van der Waals surface area contributed by atoms with Crippen LogP contribution in [0.2, 0.25) is 0 Å². The maximum Gasteiger partial charge on any atom is 0.190 e. The topological polar surface area (TPSA) is 43.1 Å². The molecular formula is C9H10BrNOS. The molecule has 0 spiro atoms. The van der Waals surface area contributed by atoms with Gasteiger partial charge in [-0.3, -0.25) is 4.79 Å². The first kappa shape index (κ1) is 9.37. The highest BCUT2D eigenvalue weighted by atomic mass is 79.9. The van der Waals surface area contributed by atoms with E-state index in [1.54, 1.807) is 0 Å². The predicted molar refractivity (Wildman–Crippen MR) is 57.0 cm³/mol. The summed E-state index contributed by atoms with van der Waals surface area (Å²) in [5.74, 6) is 0.519. The first-order valence-corrected chi connectivity index (χ1v) is 5.90. The maximum absolute atomic E-state index is 11.8. The number of carbonyl (C=O) groups is 1. The lowest BCUT2D eigenvalue weighted by Gasteiger charge is -2.06. The molecule has 1 aromatic heterocycles. The minimum atomic E-state index is -0.282. The quantitative estimate of drug-likeness (QED) is 0.848. The molecule has 0 radical (unpaired) electrons. The van der Waals surface area contributed by atoms with Crippen LogP contribution in [0.4, 0.5) is 0 Å². The third kappa shape index (κ3) is 1.85. The largest absolute Gasteiger partial charge is 0.321 e. The van der Waals surface area contributed by atoms with Crippen LogP contribution in [-0.2, 0) is 0 Å². The van der Waals surface area contributed by atoms with E-state index in [4.69, 9.17) is 5.73 Å². The lowest BCUT2D eigenvalue weighted by molar-refractivity contribution is 0.0955. The SMILES string of the molecule is NC(C(=O)c1sccc1Br)C1CC1. The Morgan fingerprint density at radius 1 is 1.69 bits per heavy atom. The average Bonchev–Trinajstić information content (AvgIpc) is 2.87. The van der Waals surface area contributed by atoms with Crippen LogP contribution in [0.5, 0.6) is 0 Å². The molecule has 1 fully saturated rings. The van der Waals surface area contributed by atoms with Crippen LogP contribution in [0.25, 0.3) is 0 Å². The molecule has 1 aliphatic rings. The predicted octanol–water partition coefficient (Wildman–Crippen LogP) is 2.43. The minimum absolute atomic E-state index is 0.0874. The summed E-state index contributed by atoms with van der Waals surface area (Å²) in [7, 11) is 0. The van der Waals surface area contributed by atoms with E-state index in [0.29, 0.717) is 5.92 Å². The summed E-state index contributed by atoms with van der Waals surface area (Å²) < 4.78 is 0.874. The molecule has 1 unspecified atom stereocenters. The minimum Gasteiger partial charge on any atom is -0.321 e. The highest BCUT2D eigenvalue weighted by molar-refractivity contribution is 9.10. The van der Waals surface area contributed by atoms with Gasteiger partial charge in [0.15, 0.2) is 5.78 Å². The van der Waals surface area contributed by atoms with E-state index in [1.807, 2.05) is 11.4 Å². The van der Waals surface area contributed by atoms with Crippen molar-refractivity contribution in [2.24, 2.45) is 11.7 Å². The fourth-order valence-electron chi connectivity index (χ4n) is 1.29. The van der Waals surface area contributed by atoms with Crippen molar-refractivity contribution in [2.45, 2.75) is 18.9 Å². The summed E-state index contributed by atoms with van der Waals surface area (Å²) in [5, 5.41) is 1.90. The van der Waals surface area contributed by atoms with E-state index in [-0.39, 0.29) is 11.8 Å². The molecule has 1 heterocycles. The first-order chi connectivity index (χ1) is 6.20. The van der Waals surface area contributed by atoms with Gasteiger partial charge in [0.1, 0.15) is 0 Å². The van der Waals surface area contributed by atoms with Gasteiger partial charge in [-0.2, -0.15) is 0 Å². The number of ketones is 1. The van der Waals surface area contributed by atoms with Crippen molar-refractivity contribution in [3.63, 3.8) is 0 Å². The Labute approximate surface area is 89.3 Å². The number of hydrogen-bond donors (Lipinski definition) is 1. The van der Waals surface area contributed by atoms with Gasteiger partial charge in [-0.1, -0.05) is 0 Å². The molecule has 1 aliphatic carbocycles. The summed E-state index contributed by atoms with van der Waals surface area (Å²) in [6.07, 6.45) is 2.21. The Balaban J connectivity index is 2.16. The highest BCUT2D eigenvalue weighted by Gasteiger charge is 2.34. The van der Waals surface area contributed by atoms with Gasteiger partial charge in [0.05, 0.1) is 10.9 Å². The number of hydrogen-bond acceptors (Lipinski definition) is 3. The van der Waals surface area contributed by atoms with Gasteiger partial charge in [0.2, 0.25) is 0 Å². The average molecular weight is 260 g/mol. The van der Waals surface area contributed by atoms with E-state index in [1.165, 1.54) is 11.3 Å². The molecule has 0 aliphatic heterocycles. The molecule has 0 aromatic carbocycles. The normalized spacial score (nSPS) is 18.6. The van der Waals surface area contributed by atoms with E-state index >= 15 is 0 Å². The second-order valence-corrected chi connectivity index (χ2v) is 5.10. The smallest absolute Gasteiger partial charge is 0.190 e. The number of halogens is 1. The zero-order chi connectivity index (χ0) is 9.42. The summed E-state index contributed by atoms with van der Waals surface area (Å²) in [4.78, 5) is 12.5. The maximum atomic E-state index is 11.8. The lowest BCUT2D eigenvalue weighted by Crippen LogP contribution is -2.32. The summed E-state index contributed by atoms with van der Waals surface area (Å²) in [6.45, 7) is 0. The Hall–Kier alpha value is -0.190. The number of nitrogens with two attached hydrogens (primary N) is 1. The zero-order valence-electron chi connectivity index (χ0n) is 7.00. The number of rotatable bonds is 3. The van der Waals surface area contributed by atoms with Gasteiger partial charge in [-0.25, -0.2) is 0 Å². The molecule has 0 bridgehead atoms. The molecule has 0 amide bonds. The Morgan fingerprint density at radius 2 is 2.38 bits per heavy atom. The molecule has 1 atom stereocenters. The van der Waals surface area contributed by atoms with Crippen molar-refractivity contribution in [3.05, 3.63) is 20.8 Å². The number of thiophene rings is 1. The van der Waals surface area contributed by atoms with Crippen LogP contribution in [-0.4, -0.2) is 11.8 Å². The Morgan fingerprint density at radius 3 is 2.85 bits per heavy atom. The summed E-state index contributed by atoms with van der Waals surface area (Å²) in [5.41, 5.74) is 5.82. The van der Waals surface area contributed by atoms with Gasteiger partial charge >= 0.3 is 0 Å². The first-order valence-electron chi connectivity index (χ1n) is 4.23. The third-order valence-corrected chi connectivity index (χ3v) is 4.13. The van der Waals surface area contributed by atoms with Gasteiger partial charge in [-0.05, 0) is 46.1 Å². The summed E-state index contributed by atoms with van der Waals surface area (Å²) in [6, 6.07) is 1.60. The van der Waals surface area contributed by atoms with Crippen LogP contribution in [0.1, 0.15) is 22.5 Å². The molecule has 13 heavy (non-hydrogen) atoms. The molecule has 4 heteroatoms. The standard InChI is InChI=1S/C9H10BrNOS/c10-6-3-4-13-9(6)8(12)7(11)5-1-2-5/h3-5,7H,1-2,11H2. The highest BCUT2D eigenvalue weighted by Crippen LogP contribution is 2.34. The van der Waals surface area contributed by atoms with Crippen molar-refractivity contribution in [1.29, 1.82) is 0 Å². The molecule has 1 saturated carbocycles. The van der Waals surface area contributed by atoms with E-state index in [9.17, 15) is 4.79 Å². The molecule has 2 nitrogen and oxygen atoms in total. The second kappa shape index (κ2) is 3.52. The number of Topliss-reactive ketones (excluding diaryl/α,β-unsaturated/α-hetero) is 1. The van der Waals surface area contributed by atoms with Gasteiger partial charge in [-0.15, -0.1) is 11.3 Å². The van der Waals surface area contributed by atoms with Crippen LogP contribution in [0.3, 0.4) is 0 Å². The second-order valence-electron chi connectivity index (χ2n) is 3.33. The molecule has 2 N–H and O–H groups in total. The van der Waals surface area contributed by atoms with Crippen molar-refractivity contribution < 1.29 is 4.79 Å². The molecule has 2 rings (SSSR count). The van der Waals surface area contributed by atoms with Gasteiger partial charge in [0.25, 0.3) is 0 Å². The Bertz CT molecular complexity index is 332. The molecule has 1 aromatic rings. The fraction of sp³-hybridized carbons (Fsp3) is 0.444. The van der Waals surface area contributed by atoms with Crippen molar-refractivity contribution in [3.8, 4) is 0 Å². The van der Waals surface area contributed by atoms with Crippen molar-refractivity contribution >= 4 is 33.0 Å². The van der Waals surface area contributed by atoms with Gasteiger partial charge in [0, 0.05) is 4.47 Å². The third-order valence-electron chi connectivity index (χ3n) is 2.27. The van der Waals surface area contributed by atoms with E-state index in [0.717, 1.165) is 22.2 Å². The van der Waals surface area contributed by atoms with Crippen molar-refractivity contribution in [2.75, 3.05) is 0 Å². The zero-order valence-corrected chi connectivity index (χ0v) is 9.40. The van der Waals surface area contributed by atoms with E-state index < -0.39 is 0 Å². The number of carbonyl (C=O) groups excluding carboxylic acids is 1. The van der Waals surface area contributed by atoms with E-state index in [2.05, 4.69) is 15.9 Å². The summed E-state index contributed by atoms with van der Waals surface area (Å²) >= 11 is 4.79. The monoisotopic (exact) mass is 259 g/mol. The van der Waals surface area contributed by atoms with Crippen LogP contribution in [0, 0.1) is 5.92 Å². The fourth-order valence-corrected chi connectivity index (χ4v) is 2.85. The van der Waals surface area contributed by atoms with Gasteiger partial charge < -0.3 is 5.73 Å². The van der Waals surface area contributed by atoms with Crippen LogP contribution < -0.4 is 5.73 Å². The molecule has 70 valence electrons. The Kier molecular flexibility index (Phi) is 2.53.